The Kier molecular flexibility index (Phi) is 11.6. The van der Waals surface area contributed by atoms with Crippen molar-refractivity contribution in [1.29, 1.82) is 0 Å². The molecule has 3 nitrogen and oxygen atoms in total. The van der Waals surface area contributed by atoms with Crippen LogP contribution in [0.3, 0.4) is 0 Å². The Morgan fingerprint density at radius 3 is 2.57 bits per heavy atom. The van der Waals surface area contributed by atoms with Crippen molar-refractivity contribution in [2.24, 2.45) is 17.3 Å². The summed E-state index contributed by atoms with van der Waals surface area (Å²) in [6.07, 6.45) is 21.1. The van der Waals surface area contributed by atoms with Crippen LogP contribution in [0.25, 0.3) is 0 Å². The van der Waals surface area contributed by atoms with E-state index < -0.39 is 0 Å². The molecule has 3 heteroatoms. The predicted molar refractivity (Wildman–Crippen MR) is 157 cm³/mol. The van der Waals surface area contributed by atoms with Crippen molar-refractivity contribution in [3.05, 3.63) is 96.6 Å². The van der Waals surface area contributed by atoms with Gasteiger partial charge >= 0.3 is 0 Å². The van der Waals surface area contributed by atoms with E-state index in [0.29, 0.717) is 17.8 Å². The highest BCUT2D eigenvalue weighted by molar-refractivity contribution is 5.38. The van der Waals surface area contributed by atoms with E-state index in [0.717, 1.165) is 44.6 Å². The second kappa shape index (κ2) is 14.9. The molecule has 1 N–H and O–H groups in total. The van der Waals surface area contributed by atoms with Crippen LogP contribution in [0, 0.1) is 17.3 Å². The number of rotatable bonds is 13. The highest BCUT2D eigenvalue weighted by Crippen LogP contribution is 2.65. The summed E-state index contributed by atoms with van der Waals surface area (Å²) in [5.41, 5.74) is 3.99. The molecule has 4 rings (SSSR count). The molecule has 0 bridgehead atoms. The molecule has 3 aliphatic rings. The lowest BCUT2D eigenvalue weighted by atomic mass is 9.81. The van der Waals surface area contributed by atoms with E-state index in [1.54, 1.807) is 7.11 Å². The minimum absolute atomic E-state index is 0.0822. The number of methoxy groups -OCH3 is 1. The zero-order chi connectivity index (χ0) is 26.5. The van der Waals surface area contributed by atoms with Crippen LogP contribution in [0.4, 0.5) is 0 Å². The minimum Gasteiger partial charge on any atom is -0.497 e. The van der Waals surface area contributed by atoms with Crippen LogP contribution in [0.1, 0.15) is 83.1 Å². The lowest BCUT2D eigenvalue weighted by molar-refractivity contribution is 0.138. The molecule has 1 aromatic carbocycles. The van der Waals surface area contributed by atoms with Gasteiger partial charge in [0.2, 0.25) is 0 Å². The van der Waals surface area contributed by atoms with Crippen LogP contribution in [0.15, 0.2) is 91.1 Å². The fourth-order valence-corrected chi connectivity index (χ4v) is 6.11. The number of nitrogens with one attached hydrogen (secondary N) is 1. The Morgan fingerprint density at radius 1 is 1.16 bits per heavy atom. The average Bonchev–Trinajstić information content (AvgIpc) is 3.69. The quantitative estimate of drug-likeness (QED) is 0.215. The molecule has 37 heavy (non-hydrogen) atoms. The van der Waals surface area contributed by atoms with Crippen molar-refractivity contribution < 1.29 is 9.47 Å². The van der Waals surface area contributed by atoms with E-state index in [9.17, 15) is 0 Å². The molecule has 2 saturated carbocycles. The van der Waals surface area contributed by atoms with Gasteiger partial charge in [-0.15, -0.1) is 6.58 Å². The molecular weight excluding hydrogens is 454 g/mol. The number of dihydropyridines is 1. The molecule has 0 aromatic heterocycles. The third-order valence-electron chi connectivity index (χ3n) is 8.26. The van der Waals surface area contributed by atoms with Gasteiger partial charge in [-0.3, -0.25) is 0 Å². The number of hydrogen-bond acceptors (Lipinski definition) is 3. The van der Waals surface area contributed by atoms with Crippen LogP contribution in [0.2, 0.25) is 0 Å². The topological polar surface area (TPSA) is 30.5 Å². The molecule has 0 amide bonds. The molecular formula is C34H49NO2. The normalized spacial score (nSPS) is 24.0. The summed E-state index contributed by atoms with van der Waals surface area (Å²) in [4.78, 5) is 0. The molecule has 3 unspecified atom stereocenters. The van der Waals surface area contributed by atoms with Crippen molar-refractivity contribution >= 4 is 0 Å². The number of allylic oxidation sites excluding steroid dienone is 5. The number of benzene rings is 1. The van der Waals surface area contributed by atoms with Gasteiger partial charge in [0.15, 0.2) is 0 Å². The van der Waals surface area contributed by atoms with Crippen LogP contribution in [-0.2, 0) is 9.47 Å². The molecule has 0 radical (unpaired) electrons. The second-order valence-corrected chi connectivity index (χ2v) is 10.5. The zero-order valence-electron chi connectivity index (χ0n) is 23.5. The Morgan fingerprint density at radius 2 is 1.92 bits per heavy atom. The molecule has 0 saturated heterocycles. The first kappa shape index (κ1) is 28.9. The maximum absolute atomic E-state index is 6.13. The van der Waals surface area contributed by atoms with Crippen LogP contribution >= 0.6 is 0 Å². The number of hydrogen-bond donors (Lipinski definition) is 1. The first-order chi connectivity index (χ1) is 18.2. The van der Waals surface area contributed by atoms with Gasteiger partial charge in [0, 0.05) is 17.9 Å². The first-order valence-electron chi connectivity index (χ1n) is 14.5. The van der Waals surface area contributed by atoms with Crippen molar-refractivity contribution in [3.8, 4) is 0 Å². The van der Waals surface area contributed by atoms with Crippen molar-refractivity contribution in [3.63, 3.8) is 0 Å². The van der Waals surface area contributed by atoms with Gasteiger partial charge in [-0.05, 0) is 73.8 Å². The zero-order valence-corrected chi connectivity index (χ0v) is 23.5. The van der Waals surface area contributed by atoms with E-state index in [2.05, 4.69) is 60.6 Å². The molecule has 1 aliphatic heterocycles. The van der Waals surface area contributed by atoms with Gasteiger partial charge in [-0.2, -0.15) is 0 Å². The van der Waals surface area contributed by atoms with Gasteiger partial charge in [-0.1, -0.05) is 87.7 Å². The predicted octanol–water partition coefficient (Wildman–Crippen LogP) is 8.84. The standard InChI is InChI=1S/C32H43NO2.C2H6/c1-4-19-32(31(34-3)24-35-23-27-11-7-5-8-12-27)22-30(32)25(2)29(28-13-9-6-10-14-28)16-15-26-17-20-33-21-18-26;1-2/h4,6,9-10,13-14,17-18,20,24,27,29-30,33H,1-2,5,7-8,11-12,15-16,19,21-23H2,3H3;1-2H3/b31-24-;. The molecule has 1 aromatic rings. The van der Waals surface area contributed by atoms with E-state index in [1.165, 1.54) is 48.8 Å². The highest BCUT2D eigenvalue weighted by atomic mass is 16.5. The molecule has 0 spiro atoms. The Bertz CT molecular complexity index is 938. The summed E-state index contributed by atoms with van der Waals surface area (Å²) >= 11 is 0. The maximum atomic E-state index is 6.13. The second-order valence-electron chi connectivity index (χ2n) is 10.5. The minimum atomic E-state index is -0.0822. The van der Waals surface area contributed by atoms with Gasteiger partial charge in [0.05, 0.1) is 13.7 Å². The average molecular weight is 504 g/mol. The number of ether oxygens (including phenoxy) is 2. The third-order valence-corrected chi connectivity index (χ3v) is 8.26. The van der Waals surface area contributed by atoms with Gasteiger partial charge in [-0.25, -0.2) is 0 Å². The van der Waals surface area contributed by atoms with Gasteiger partial charge in [0.25, 0.3) is 0 Å². The van der Waals surface area contributed by atoms with Gasteiger partial charge in [0.1, 0.15) is 12.0 Å². The van der Waals surface area contributed by atoms with E-state index in [-0.39, 0.29) is 5.41 Å². The fourth-order valence-electron chi connectivity index (χ4n) is 6.11. The summed E-state index contributed by atoms with van der Waals surface area (Å²) in [6, 6.07) is 10.9. The largest absolute Gasteiger partial charge is 0.497 e. The lowest BCUT2D eigenvalue weighted by Gasteiger charge is -2.25. The smallest absolute Gasteiger partial charge is 0.137 e. The fraction of sp³-hybridized carbons (Fsp3) is 0.529. The van der Waals surface area contributed by atoms with Crippen molar-refractivity contribution in [1.82, 2.24) is 5.32 Å². The summed E-state index contributed by atoms with van der Waals surface area (Å²) in [6.45, 7) is 14.5. The SMILES string of the molecule is C=CCC1(/C(=C/OCC2CCCCC2)OC)CC1C(=C)C(CCC1=CCNC=C1)c1ccccc1.CC. The maximum Gasteiger partial charge on any atom is 0.137 e. The molecule has 202 valence electrons. The summed E-state index contributed by atoms with van der Waals surface area (Å²) in [7, 11) is 1.78. The summed E-state index contributed by atoms with van der Waals surface area (Å²) in [5.74, 6) is 2.32. The monoisotopic (exact) mass is 503 g/mol. The first-order valence-corrected chi connectivity index (χ1v) is 14.5. The van der Waals surface area contributed by atoms with E-state index >= 15 is 0 Å². The van der Waals surface area contributed by atoms with Crippen LogP contribution in [0.5, 0.6) is 0 Å². The Balaban J connectivity index is 0.00000186. The van der Waals surface area contributed by atoms with E-state index in [1.807, 2.05) is 26.2 Å². The lowest BCUT2D eigenvalue weighted by Crippen LogP contribution is -2.16. The highest BCUT2D eigenvalue weighted by Gasteiger charge is 2.59. The summed E-state index contributed by atoms with van der Waals surface area (Å²) < 4.78 is 12.1. The van der Waals surface area contributed by atoms with E-state index in [4.69, 9.17) is 16.1 Å². The van der Waals surface area contributed by atoms with Crippen LogP contribution in [-0.4, -0.2) is 20.3 Å². The van der Waals surface area contributed by atoms with Crippen LogP contribution < -0.4 is 5.32 Å². The van der Waals surface area contributed by atoms with Gasteiger partial charge < -0.3 is 14.8 Å². The molecule has 2 fully saturated rings. The summed E-state index contributed by atoms with van der Waals surface area (Å²) in [5, 5.41) is 3.25. The Labute approximate surface area is 226 Å². The molecule has 1 heterocycles. The van der Waals surface area contributed by atoms with Crippen molar-refractivity contribution in [2.45, 2.75) is 77.6 Å². The third kappa shape index (κ3) is 7.66. The molecule has 3 atom stereocenters. The van der Waals surface area contributed by atoms with Crippen molar-refractivity contribution in [2.75, 3.05) is 20.3 Å². The molecule has 2 aliphatic carbocycles. The Hall–Kier alpha value is -2.68.